The molecule has 4 rings (SSSR count). The van der Waals surface area contributed by atoms with E-state index in [1.807, 2.05) is 6.07 Å². The van der Waals surface area contributed by atoms with Crippen LogP contribution >= 0.6 is 0 Å². The normalized spacial score (nSPS) is 15.4. The van der Waals surface area contributed by atoms with Crippen molar-refractivity contribution in [1.29, 1.82) is 0 Å². The van der Waals surface area contributed by atoms with Gasteiger partial charge in [-0.15, -0.1) is 0 Å². The number of pyridine rings is 1. The first-order valence-corrected chi connectivity index (χ1v) is 8.85. The number of likely N-dealkylation sites (tertiary alicyclic amines) is 1. The number of carbonyl (C=O) groups is 2. The summed E-state index contributed by atoms with van der Waals surface area (Å²) in [6.07, 6.45) is 2.82. The Morgan fingerprint density at radius 2 is 1.96 bits per heavy atom. The number of rotatable bonds is 2. The van der Waals surface area contributed by atoms with Crippen molar-refractivity contribution in [2.45, 2.75) is 12.8 Å². The number of methoxy groups -OCH3 is 1. The van der Waals surface area contributed by atoms with Gasteiger partial charge >= 0.3 is 5.97 Å². The van der Waals surface area contributed by atoms with E-state index in [9.17, 15) is 14.4 Å². The van der Waals surface area contributed by atoms with Gasteiger partial charge in [0.1, 0.15) is 17.0 Å². The monoisotopic (exact) mass is 368 g/mol. The Morgan fingerprint density at radius 1 is 1.22 bits per heavy atom. The van der Waals surface area contributed by atoms with Crippen LogP contribution in [0.5, 0.6) is 0 Å². The van der Waals surface area contributed by atoms with Crippen molar-refractivity contribution in [3.05, 3.63) is 46.5 Å². The third kappa shape index (κ3) is 2.77. The molecule has 0 aliphatic carbocycles. The summed E-state index contributed by atoms with van der Waals surface area (Å²) in [6, 6.07) is 6.95. The molecule has 0 unspecified atom stereocenters. The van der Waals surface area contributed by atoms with Gasteiger partial charge in [-0.3, -0.25) is 18.8 Å². The summed E-state index contributed by atoms with van der Waals surface area (Å²) in [5, 5.41) is 0.411. The average molecular weight is 368 g/mol. The minimum absolute atomic E-state index is 0.160. The van der Waals surface area contributed by atoms with E-state index in [0.29, 0.717) is 48.3 Å². The number of esters is 1. The minimum Gasteiger partial charge on any atom is -0.469 e. The summed E-state index contributed by atoms with van der Waals surface area (Å²) < 4.78 is 7.92. The van der Waals surface area contributed by atoms with Gasteiger partial charge in [0.05, 0.1) is 18.4 Å². The summed E-state index contributed by atoms with van der Waals surface area (Å²) in [5.74, 6) is -0.550. The number of piperidine rings is 1. The molecule has 27 heavy (non-hydrogen) atoms. The maximum Gasteiger partial charge on any atom is 0.308 e. The van der Waals surface area contributed by atoms with Gasteiger partial charge in [-0.25, -0.2) is 4.98 Å². The maximum atomic E-state index is 13.0. The molecule has 3 aromatic heterocycles. The van der Waals surface area contributed by atoms with Crippen molar-refractivity contribution in [3.63, 3.8) is 0 Å². The molecule has 1 aliphatic rings. The zero-order chi connectivity index (χ0) is 19.1. The van der Waals surface area contributed by atoms with Gasteiger partial charge in [0, 0.05) is 26.3 Å². The molecule has 8 nitrogen and oxygen atoms in total. The number of fused-ring (bicyclic) bond motifs is 2. The first-order chi connectivity index (χ1) is 13.0. The molecule has 0 spiro atoms. The Kier molecular flexibility index (Phi) is 4.18. The molecule has 3 aromatic rings. The van der Waals surface area contributed by atoms with E-state index < -0.39 is 0 Å². The number of aromatic nitrogens is 3. The Balaban J connectivity index is 1.68. The smallest absolute Gasteiger partial charge is 0.308 e. The highest BCUT2D eigenvalue weighted by Crippen LogP contribution is 2.22. The van der Waals surface area contributed by atoms with E-state index in [1.165, 1.54) is 11.5 Å². The third-order valence-electron chi connectivity index (χ3n) is 5.24. The average Bonchev–Trinajstić information content (AvgIpc) is 3.04. The molecule has 1 aliphatic heterocycles. The van der Waals surface area contributed by atoms with Crippen molar-refractivity contribution < 1.29 is 14.3 Å². The van der Waals surface area contributed by atoms with Gasteiger partial charge in [-0.05, 0) is 31.0 Å². The van der Waals surface area contributed by atoms with Crippen LogP contribution in [0.25, 0.3) is 16.7 Å². The van der Waals surface area contributed by atoms with Crippen LogP contribution in [0.1, 0.15) is 23.3 Å². The van der Waals surface area contributed by atoms with E-state index in [-0.39, 0.29) is 23.4 Å². The fraction of sp³-hybridized carbons (Fsp3) is 0.368. The van der Waals surface area contributed by atoms with Gasteiger partial charge in [0.2, 0.25) is 0 Å². The van der Waals surface area contributed by atoms with Crippen molar-refractivity contribution in [1.82, 2.24) is 18.9 Å². The van der Waals surface area contributed by atoms with Crippen LogP contribution in [-0.4, -0.2) is 50.9 Å². The van der Waals surface area contributed by atoms with Crippen LogP contribution < -0.4 is 5.56 Å². The molecular weight excluding hydrogens is 348 g/mol. The van der Waals surface area contributed by atoms with Gasteiger partial charge in [-0.2, -0.15) is 0 Å². The molecule has 1 saturated heterocycles. The molecule has 0 N–H and O–H groups in total. The molecule has 8 heteroatoms. The van der Waals surface area contributed by atoms with Gasteiger partial charge < -0.3 is 14.2 Å². The molecule has 0 atom stereocenters. The molecule has 1 fully saturated rings. The zero-order valence-electron chi connectivity index (χ0n) is 15.2. The summed E-state index contributed by atoms with van der Waals surface area (Å²) in [5.41, 5.74) is 1.24. The Bertz CT molecular complexity index is 1110. The lowest BCUT2D eigenvalue weighted by Crippen LogP contribution is -2.41. The molecule has 0 radical (unpaired) electrons. The van der Waals surface area contributed by atoms with Crippen molar-refractivity contribution >= 4 is 28.6 Å². The highest BCUT2D eigenvalue weighted by molar-refractivity contribution is 5.98. The van der Waals surface area contributed by atoms with E-state index in [0.717, 1.165) is 0 Å². The minimum atomic E-state index is -0.226. The van der Waals surface area contributed by atoms with Gasteiger partial charge in [0.15, 0.2) is 0 Å². The number of aryl methyl sites for hydroxylation is 1. The zero-order valence-corrected chi connectivity index (χ0v) is 15.2. The highest BCUT2D eigenvalue weighted by atomic mass is 16.5. The molecule has 140 valence electrons. The molecule has 0 saturated carbocycles. The predicted molar refractivity (Wildman–Crippen MR) is 98.6 cm³/mol. The number of hydrogen-bond acceptors (Lipinski definition) is 5. The first-order valence-electron chi connectivity index (χ1n) is 8.85. The second kappa shape index (κ2) is 6.53. The van der Waals surface area contributed by atoms with Gasteiger partial charge in [-0.1, -0.05) is 6.07 Å². The lowest BCUT2D eigenvalue weighted by atomic mass is 9.97. The second-order valence-corrected chi connectivity index (χ2v) is 6.76. The summed E-state index contributed by atoms with van der Waals surface area (Å²) in [6.45, 7) is 0.961. The van der Waals surface area contributed by atoms with Crippen LogP contribution in [0.3, 0.4) is 0 Å². The lowest BCUT2D eigenvalue weighted by Gasteiger charge is -2.30. The predicted octanol–water partition coefficient (Wildman–Crippen LogP) is 1.21. The van der Waals surface area contributed by atoms with E-state index in [1.54, 1.807) is 40.9 Å². The van der Waals surface area contributed by atoms with Gasteiger partial charge in [0.25, 0.3) is 11.5 Å². The summed E-state index contributed by atoms with van der Waals surface area (Å²) in [4.78, 5) is 43.6. The van der Waals surface area contributed by atoms with Crippen LogP contribution in [0.2, 0.25) is 0 Å². The molecule has 0 bridgehead atoms. The Morgan fingerprint density at radius 3 is 2.67 bits per heavy atom. The Labute approximate surface area is 155 Å². The van der Waals surface area contributed by atoms with E-state index in [4.69, 9.17) is 4.74 Å². The number of nitrogens with zero attached hydrogens (tertiary/aromatic N) is 4. The van der Waals surface area contributed by atoms with Crippen LogP contribution in [0.15, 0.2) is 35.3 Å². The highest BCUT2D eigenvalue weighted by Gasteiger charge is 2.30. The molecule has 0 aromatic carbocycles. The standard InChI is InChI=1S/C19H20N4O4/c1-21-14(18(25)22-9-6-12(7-10-22)19(26)27-2)11-13-16(21)20-15-5-3-4-8-23(15)17(13)24/h3-5,8,11-12H,6-7,9-10H2,1-2H3. The number of carbonyl (C=O) groups excluding carboxylic acids is 2. The molecular formula is C19H20N4O4. The maximum absolute atomic E-state index is 13.0. The number of amides is 1. The van der Waals surface area contributed by atoms with Crippen molar-refractivity contribution in [2.24, 2.45) is 13.0 Å². The topological polar surface area (TPSA) is 85.9 Å². The fourth-order valence-electron chi connectivity index (χ4n) is 3.67. The summed E-state index contributed by atoms with van der Waals surface area (Å²) in [7, 11) is 3.12. The van der Waals surface area contributed by atoms with Crippen LogP contribution in [0.4, 0.5) is 0 Å². The lowest BCUT2D eigenvalue weighted by molar-refractivity contribution is -0.146. The van der Waals surface area contributed by atoms with E-state index >= 15 is 0 Å². The second-order valence-electron chi connectivity index (χ2n) is 6.76. The Hall–Kier alpha value is -3.16. The first kappa shape index (κ1) is 17.3. The summed E-state index contributed by atoms with van der Waals surface area (Å²) >= 11 is 0. The van der Waals surface area contributed by atoms with Crippen molar-refractivity contribution in [2.75, 3.05) is 20.2 Å². The molecule has 4 heterocycles. The fourth-order valence-corrected chi connectivity index (χ4v) is 3.67. The third-order valence-corrected chi connectivity index (χ3v) is 5.24. The SMILES string of the molecule is COC(=O)C1CCN(C(=O)c2cc3c(=O)n4ccccc4nc3n2C)CC1. The van der Waals surface area contributed by atoms with Crippen LogP contribution in [0, 0.1) is 5.92 Å². The number of ether oxygens (including phenoxy) is 1. The largest absolute Gasteiger partial charge is 0.469 e. The quantitative estimate of drug-likeness (QED) is 0.635. The van der Waals surface area contributed by atoms with E-state index in [2.05, 4.69) is 4.98 Å². The number of hydrogen-bond donors (Lipinski definition) is 0. The van der Waals surface area contributed by atoms with Crippen LogP contribution in [-0.2, 0) is 16.6 Å². The molecule has 1 amide bonds. The van der Waals surface area contributed by atoms with Crippen molar-refractivity contribution in [3.8, 4) is 0 Å².